The van der Waals surface area contributed by atoms with Gasteiger partial charge < -0.3 is 4.57 Å². The van der Waals surface area contributed by atoms with Gasteiger partial charge in [-0.25, -0.2) is 4.98 Å². The summed E-state index contributed by atoms with van der Waals surface area (Å²) in [6.45, 7) is 0.376. The van der Waals surface area contributed by atoms with Crippen molar-refractivity contribution in [2.75, 3.05) is 7.05 Å². The Kier molecular flexibility index (Phi) is 6.39. The molecule has 1 fully saturated rings. The first-order chi connectivity index (χ1) is 12.4. The average Bonchev–Trinajstić information content (AvgIpc) is 3.02. The van der Waals surface area contributed by atoms with E-state index in [0.717, 1.165) is 36.4 Å². The number of rotatable bonds is 7. The molecule has 26 heavy (non-hydrogen) atoms. The van der Waals surface area contributed by atoms with E-state index in [4.69, 9.17) is 0 Å². The van der Waals surface area contributed by atoms with Crippen LogP contribution < -0.4 is 4.72 Å². The Morgan fingerprint density at radius 2 is 1.92 bits per heavy atom. The minimum atomic E-state index is -3.47. The van der Waals surface area contributed by atoms with E-state index in [1.54, 1.807) is 18.8 Å². The number of aryl methyl sites for hydroxylation is 1. The molecular weight excluding hydrogens is 368 g/mol. The Labute approximate surface area is 160 Å². The molecule has 1 aliphatic rings. The second kappa shape index (κ2) is 8.56. The predicted molar refractivity (Wildman–Crippen MR) is 105 cm³/mol. The van der Waals surface area contributed by atoms with Crippen molar-refractivity contribution < 1.29 is 8.42 Å². The number of hydrogen-bond acceptors (Lipinski definition) is 4. The highest BCUT2D eigenvalue weighted by atomic mass is 32.2. The number of imidazole rings is 1. The number of benzene rings is 1. The first kappa shape index (κ1) is 19.4. The topological polar surface area (TPSA) is 67.2 Å². The minimum absolute atomic E-state index is 0.0106. The average molecular weight is 395 g/mol. The van der Waals surface area contributed by atoms with E-state index in [9.17, 15) is 8.42 Å². The zero-order valence-corrected chi connectivity index (χ0v) is 16.8. The van der Waals surface area contributed by atoms with Gasteiger partial charge in [-0.05, 0) is 31.2 Å². The van der Waals surface area contributed by atoms with Crippen LogP contribution in [-0.2, 0) is 23.8 Å². The number of hydrogen-bond donors (Lipinski definition) is 1. The Morgan fingerprint density at radius 1 is 1.23 bits per heavy atom. The van der Waals surface area contributed by atoms with Gasteiger partial charge in [-0.1, -0.05) is 42.1 Å². The molecule has 0 bridgehead atoms. The SMILES string of the molecule is CN(Cc1ccccc1)S(=O)(=O)NC1CCC(Sc2nccn2C)CC1. The molecule has 8 heteroatoms. The van der Waals surface area contributed by atoms with Crippen LogP contribution in [0.5, 0.6) is 0 Å². The van der Waals surface area contributed by atoms with Crippen LogP contribution in [0, 0.1) is 0 Å². The van der Waals surface area contributed by atoms with Crippen molar-refractivity contribution >= 4 is 22.0 Å². The molecule has 0 saturated heterocycles. The maximum atomic E-state index is 12.6. The molecule has 0 radical (unpaired) electrons. The Bertz CT molecular complexity index is 800. The van der Waals surface area contributed by atoms with E-state index in [1.165, 1.54) is 4.31 Å². The molecular formula is C18H26N4O2S2. The molecule has 1 saturated carbocycles. The third kappa shape index (κ3) is 5.09. The van der Waals surface area contributed by atoms with Crippen LogP contribution in [0.4, 0.5) is 0 Å². The lowest BCUT2D eigenvalue weighted by Crippen LogP contribution is -2.44. The van der Waals surface area contributed by atoms with Crippen molar-refractivity contribution in [2.45, 2.75) is 48.7 Å². The van der Waals surface area contributed by atoms with Crippen molar-refractivity contribution in [2.24, 2.45) is 7.05 Å². The summed E-state index contributed by atoms with van der Waals surface area (Å²) in [7, 11) is 0.148. The fourth-order valence-corrected chi connectivity index (χ4v) is 5.45. The molecule has 0 unspecified atom stereocenters. The van der Waals surface area contributed by atoms with Gasteiger partial charge in [0.1, 0.15) is 0 Å². The smallest absolute Gasteiger partial charge is 0.279 e. The standard InChI is InChI=1S/C18H26N4O2S2/c1-21-13-12-19-18(21)25-17-10-8-16(9-11-17)20-26(23,24)22(2)14-15-6-4-3-5-7-15/h3-7,12-13,16-17,20H,8-11,14H2,1-2H3. The van der Waals surface area contributed by atoms with E-state index in [-0.39, 0.29) is 6.04 Å². The summed E-state index contributed by atoms with van der Waals surface area (Å²) in [5.74, 6) is 0. The zero-order valence-electron chi connectivity index (χ0n) is 15.2. The van der Waals surface area contributed by atoms with Gasteiger partial charge in [0, 0.05) is 44.3 Å². The maximum Gasteiger partial charge on any atom is 0.279 e. The monoisotopic (exact) mass is 394 g/mol. The number of nitrogens with zero attached hydrogens (tertiary/aromatic N) is 3. The van der Waals surface area contributed by atoms with Gasteiger partial charge in [-0.3, -0.25) is 0 Å². The summed E-state index contributed by atoms with van der Waals surface area (Å²) in [6, 6.07) is 9.65. The summed E-state index contributed by atoms with van der Waals surface area (Å²) in [6.07, 6.45) is 7.47. The first-order valence-corrected chi connectivity index (χ1v) is 11.2. The lowest BCUT2D eigenvalue weighted by Gasteiger charge is -2.29. The Morgan fingerprint density at radius 3 is 2.54 bits per heavy atom. The van der Waals surface area contributed by atoms with Crippen LogP contribution in [0.3, 0.4) is 0 Å². The van der Waals surface area contributed by atoms with E-state index >= 15 is 0 Å². The van der Waals surface area contributed by atoms with Crippen molar-refractivity contribution in [3.63, 3.8) is 0 Å². The maximum absolute atomic E-state index is 12.6. The van der Waals surface area contributed by atoms with Gasteiger partial charge in [0.05, 0.1) is 0 Å². The Balaban J connectivity index is 1.49. The predicted octanol–water partition coefficient (Wildman–Crippen LogP) is 2.79. The third-order valence-corrected chi connectivity index (χ3v) is 7.69. The normalized spacial score (nSPS) is 21.2. The van der Waals surface area contributed by atoms with Crippen LogP contribution in [-0.4, -0.2) is 40.6 Å². The first-order valence-electron chi connectivity index (χ1n) is 8.85. The molecule has 1 aromatic heterocycles. The molecule has 0 aliphatic heterocycles. The summed E-state index contributed by atoms with van der Waals surface area (Å²) in [4.78, 5) is 4.36. The molecule has 6 nitrogen and oxygen atoms in total. The van der Waals surface area contributed by atoms with Gasteiger partial charge in [0.15, 0.2) is 5.16 Å². The second-order valence-corrected chi connectivity index (χ2v) is 9.85. The Hall–Kier alpha value is -1.35. The molecule has 142 valence electrons. The van der Waals surface area contributed by atoms with Crippen LogP contribution in [0.15, 0.2) is 47.9 Å². The molecule has 1 aromatic carbocycles. The van der Waals surface area contributed by atoms with Crippen molar-refractivity contribution in [3.05, 3.63) is 48.3 Å². The highest BCUT2D eigenvalue weighted by molar-refractivity contribution is 7.99. The molecule has 1 aliphatic carbocycles. The van der Waals surface area contributed by atoms with Gasteiger partial charge in [0.2, 0.25) is 0 Å². The fourth-order valence-electron chi connectivity index (χ4n) is 3.14. The van der Waals surface area contributed by atoms with Crippen molar-refractivity contribution in [3.8, 4) is 0 Å². The van der Waals surface area contributed by atoms with Gasteiger partial charge in [-0.2, -0.15) is 17.4 Å². The van der Waals surface area contributed by atoms with E-state index < -0.39 is 10.2 Å². The number of thioether (sulfide) groups is 1. The number of aromatic nitrogens is 2. The summed E-state index contributed by atoms with van der Waals surface area (Å²) in [5, 5.41) is 1.52. The van der Waals surface area contributed by atoms with Crippen molar-refractivity contribution in [1.82, 2.24) is 18.6 Å². The molecule has 0 atom stereocenters. The van der Waals surface area contributed by atoms with Crippen LogP contribution in [0.25, 0.3) is 0 Å². The van der Waals surface area contributed by atoms with E-state index in [2.05, 4.69) is 9.71 Å². The largest absolute Gasteiger partial charge is 0.329 e. The summed E-state index contributed by atoms with van der Waals surface area (Å²) < 4.78 is 31.4. The summed E-state index contributed by atoms with van der Waals surface area (Å²) in [5.41, 5.74) is 0.982. The fraction of sp³-hybridized carbons (Fsp3) is 0.500. The third-order valence-electron chi connectivity index (χ3n) is 4.70. The molecule has 0 amide bonds. The van der Waals surface area contributed by atoms with Gasteiger partial charge in [0.25, 0.3) is 10.2 Å². The zero-order chi connectivity index (χ0) is 18.6. The van der Waals surface area contributed by atoms with E-state index in [1.807, 2.05) is 54.3 Å². The van der Waals surface area contributed by atoms with Crippen LogP contribution in [0.1, 0.15) is 31.2 Å². The second-order valence-electron chi connectivity index (χ2n) is 6.78. The summed E-state index contributed by atoms with van der Waals surface area (Å²) >= 11 is 1.79. The van der Waals surface area contributed by atoms with Gasteiger partial charge in [-0.15, -0.1) is 0 Å². The minimum Gasteiger partial charge on any atom is -0.329 e. The van der Waals surface area contributed by atoms with Crippen LogP contribution >= 0.6 is 11.8 Å². The molecule has 3 rings (SSSR count). The molecule has 2 aromatic rings. The van der Waals surface area contributed by atoms with Crippen LogP contribution in [0.2, 0.25) is 0 Å². The highest BCUT2D eigenvalue weighted by Gasteiger charge is 2.28. The number of nitrogens with one attached hydrogen (secondary N) is 1. The lowest BCUT2D eigenvalue weighted by atomic mass is 9.96. The van der Waals surface area contributed by atoms with Gasteiger partial charge >= 0.3 is 0 Å². The quantitative estimate of drug-likeness (QED) is 0.784. The molecule has 1 heterocycles. The highest BCUT2D eigenvalue weighted by Crippen LogP contribution is 2.33. The van der Waals surface area contributed by atoms with Crippen molar-refractivity contribution in [1.29, 1.82) is 0 Å². The molecule has 1 N–H and O–H groups in total. The lowest BCUT2D eigenvalue weighted by molar-refractivity contribution is 0.394. The van der Waals surface area contributed by atoms with E-state index in [0.29, 0.717) is 11.8 Å². The molecule has 0 spiro atoms.